The smallest absolute Gasteiger partial charge is 0.281 e. The van der Waals surface area contributed by atoms with Crippen LogP contribution in [0, 0.1) is 5.92 Å². The quantitative estimate of drug-likeness (QED) is 0.694. The summed E-state index contributed by atoms with van der Waals surface area (Å²) in [6, 6.07) is 6.08. The van der Waals surface area contributed by atoms with Gasteiger partial charge < -0.3 is 10.2 Å². The van der Waals surface area contributed by atoms with Gasteiger partial charge in [0.05, 0.1) is 5.39 Å². The first kappa shape index (κ1) is 20.8. The lowest BCUT2D eigenvalue weighted by molar-refractivity contribution is -0.116. The van der Waals surface area contributed by atoms with Crippen molar-refractivity contribution in [3.63, 3.8) is 0 Å². The van der Waals surface area contributed by atoms with Crippen molar-refractivity contribution in [2.75, 3.05) is 10.2 Å². The molecule has 0 spiro atoms. The molecule has 152 valence electrons. The predicted octanol–water partition coefficient (Wildman–Crippen LogP) is 5.19. The summed E-state index contributed by atoms with van der Waals surface area (Å²) in [6.45, 7) is 8.42. The largest absolute Gasteiger partial charge is 0.343 e. The predicted molar refractivity (Wildman–Crippen MR) is 118 cm³/mol. The average molecular weight is 402 g/mol. The van der Waals surface area contributed by atoms with E-state index < -0.39 is 0 Å². The summed E-state index contributed by atoms with van der Waals surface area (Å²) in [6.07, 6.45) is 6.60. The molecule has 0 radical (unpaired) electrons. The number of nitrogens with one attached hydrogen (secondary N) is 1. The first-order valence-corrected chi connectivity index (χ1v) is 11.2. The molecule has 0 unspecified atom stereocenters. The zero-order chi connectivity index (χ0) is 20.3. The van der Waals surface area contributed by atoms with Gasteiger partial charge in [-0.15, -0.1) is 0 Å². The second-order valence-corrected chi connectivity index (χ2v) is 9.35. The van der Waals surface area contributed by atoms with Gasteiger partial charge in [0.15, 0.2) is 5.13 Å². The van der Waals surface area contributed by atoms with Crippen LogP contribution < -0.4 is 15.8 Å². The van der Waals surface area contributed by atoms with E-state index >= 15 is 0 Å². The molecule has 0 bridgehead atoms. The first-order valence-electron chi connectivity index (χ1n) is 10.4. The highest BCUT2D eigenvalue weighted by molar-refractivity contribution is 7.21. The van der Waals surface area contributed by atoms with E-state index in [1.807, 2.05) is 12.1 Å². The third kappa shape index (κ3) is 4.90. The Morgan fingerprint density at radius 1 is 1.21 bits per heavy atom. The fraction of sp³-hybridized carbons (Fsp3) is 0.591. The molecule has 1 aromatic carbocycles. The molecule has 1 aliphatic rings. The van der Waals surface area contributed by atoms with Gasteiger partial charge in [-0.2, -0.15) is 4.98 Å². The molecule has 5 nitrogen and oxygen atoms in total. The van der Waals surface area contributed by atoms with E-state index in [4.69, 9.17) is 0 Å². The van der Waals surface area contributed by atoms with Crippen LogP contribution >= 0.6 is 11.3 Å². The minimum absolute atomic E-state index is 0.0257. The molecule has 1 heterocycles. The van der Waals surface area contributed by atoms with Crippen molar-refractivity contribution in [1.29, 1.82) is 0 Å². The summed E-state index contributed by atoms with van der Waals surface area (Å²) in [5, 5.41) is 4.26. The van der Waals surface area contributed by atoms with Crippen LogP contribution in [0.1, 0.15) is 66.2 Å². The molecule has 1 fully saturated rings. The van der Waals surface area contributed by atoms with Gasteiger partial charge in [0.1, 0.15) is 0 Å². The SMILES string of the molecule is CC(C)N(c1nc(=O)c2cc(NC(=O)CCC3CCCC3)ccc2s1)C(C)C. The van der Waals surface area contributed by atoms with Crippen molar-refractivity contribution in [1.82, 2.24) is 4.98 Å². The van der Waals surface area contributed by atoms with Gasteiger partial charge in [-0.05, 0) is 58.2 Å². The molecule has 1 amide bonds. The summed E-state index contributed by atoms with van der Waals surface area (Å²) >= 11 is 1.52. The van der Waals surface area contributed by atoms with Gasteiger partial charge in [0.2, 0.25) is 5.91 Å². The molecule has 1 aliphatic carbocycles. The Morgan fingerprint density at radius 3 is 2.54 bits per heavy atom. The van der Waals surface area contributed by atoms with Crippen LogP contribution in [0.25, 0.3) is 10.1 Å². The van der Waals surface area contributed by atoms with Gasteiger partial charge in [0, 0.05) is 28.9 Å². The molecule has 1 N–H and O–H groups in total. The van der Waals surface area contributed by atoms with Gasteiger partial charge in [-0.1, -0.05) is 37.0 Å². The number of carbonyl (C=O) groups excluding carboxylic acids is 1. The van der Waals surface area contributed by atoms with Crippen molar-refractivity contribution >= 4 is 38.1 Å². The molecule has 3 rings (SSSR count). The lowest BCUT2D eigenvalue weighted by Gasteiger charge is -2.31. The van der Waals surface area contributed by atoms with Crippen LogP contribution in [0.15, 0.2) is 23.0 Å². The molecular formula is C22H31N3O2S. The van der Waals surface area contributed by atoms with E-state index in [1.54, 1.807) is 6.07 Å². The second kappa shape index (κ2) is 9.03. The van der Waals surface area contributed by atoms with Gasteiger partial charge in [0.25, 0.3) is 5.56 Å². The topological polar surface area (TPSA) is 62.3 Å². The van der Waals surface area contributed by atoms with E-state index in [2.05, 4.69) is 42.9 Å². The third-order valence-corrected chi connectivity index (χ3v) is 6.54. The normalized spacial score (nSPS) is 14.9. The standard InChI is InChI=1S/C22H31N3O2S/c1-14(2)25(15(3)4)22-24-21(27)18-13-17(10-11-19(18)28-22)23-20(26)12-9-16-7-5-6-8-16/h10-11,13-16H,5-9,12H2,1-4H3,(H,23,26). The molecule has 0 atom stereocenters. The number of amides is 1. The molecule has 28 heavy (non-hydrogen) atoms. The molecule has 6 heteroatoms. The van der Waals surface area contributed by atoms with Gasteiger partial charge in [-0.3, -0.25) is 9.59 Å². The Morgan fingerprint density at radius 2 is 1.89 bits per heavy atom. The van der Waals surface area contributed by atoms with Crippen LogP contribution in [0.5, 0.6) is 0 Å². The van der Waals surface area contributed by atoms with E-state index in [0.717, 1.165) is 16.3 Å². The van der Waals surface area contributed by atoms with Crippen molar-refractivity contribution in [2.24, 2.45) is 5.92 Å². The number of nitrogens with zero attached hydrogens (tertiary/aromatic N) is 2. The maximum atomic E-state index is 12.6. The zero-order valence-corrected chi connectivity index (χ0v) is 18.1. The third-order valence-electron chi connectivity index (χ3n) is 5.48. The summed E-state index contributed by atoms with van der Waals surface area (Å²) in [5.41, 5.74) is 0.435. The lowest BCUT2D eigenvalue weighted by Crippen LogP contribution is -2.38. The number of anilines is 2. The molecular weight excluding hydrogens is 370 g/mol. The van der Waals surface area contributed by atoms with E-state index in [0.29, 0.717) is 23.4 Å². The molecule has 1 saturated carbocycles. The highest BCUT2D eigenvalue weighted by Gasteiger charge is 2.19. The highest BCUT2D eigenvalue weighted by Crippen LogP contribution is 2.30. The monoisotopic (exact) mass is 401 g/mol. The molecule has 2 aromatic rings. The van der Waals surface area contributed by atoms with E-state index in [9.17, 15) is 9.59 Å². The molecule has 0 aliphatic heterocycles. The van der Waals surface area contributed by atoms with Crippen LogP contribution in [0.2, 0.25) is 0 Å². The van der Waals surface area contributed by atoms with Crippen molar-refractivity contribution in [2.45, 2.75) is 78.3 Å². The number of benzene rings is 1. The first-order chi connectivity index (χ1) is 13.3. The average Bonchev–Trinajstić information content (AvgIpc) is 3.13. The van der Waals surface area contributed by atoms with Crippen molar-refractivity contribution in [3.8, 4) is 0 Å². The number of fused-ring (bicyclic) bond motifs is 1. The van der Waals surface area contributed by atoms with E-state index in [1.165, 1.54) is 37.0 Å². The summed E-state index contributed by atoms with van der Waals surface area (Å²) in [5.74, 6) is 0.725. The molecule has 0 saturated heterocycles. The Bertz CT molecular complexity index is 877. The van der Waals surface area contributed by atoms with Crippen LogP contribution in [-0.4, -0.2) is 23.0 Å². The minimum Gasteiger partial charge on any atom is -0.343 e. The van der Waals surface area contributed by atoms with Crippen LogP contribution in [0.3, 0.4) is 0 Å². The molecule has 1 aromatic heterocycles. The van der Waals surface area contributed by atoms with E-state index in [-0.39, 0.29) is 23.6 Å². The number of aromatic nitrogens is 1. The van der Waals surface area contributed by atoms with Crippen molar-refractivity contribution < 1.29 is 4.79 Å². The lowest BCUT2D eigenvalue weighted by atomic mass is 10.0. The summed E-state index contributed by atoms with van der Waals surface area (Å²) < 4.78 is 0.894. The summed E-state index contributed by atoms with van der Waals surface area (Å²) in [4.78, 5) is 31.4. The Hall–Kier alpha value is -1.95. The fourth-order valence-corrected chi connectivity index (χ4v) is 5.38. The van der Waals surface area contributed by atoms with Crippen LogP contribution in [-0.2, 0) is 4.79 Å². The summed E-state index contributed by atoms with van der Waals surface area (Å²) in [7, 11) is 0. The Balaban J connectivity index is 1.76. The number of hydrogen-bond donors (Lipinski definition) is 1. The highest BCUT2D eigenvalue weighted by atomic mass is 32.1. The van der Waals surface area contributed by atoms with Crippen LogP contribution in [0.4, 0.5) is 10.8 Å². The second-order valence-electron chi connectivity index (χ2n) is 8.34. The fourth-order valence-electron chi connectivity index (χ4n) is 4.14. The van der Waals surface area contributed by atoms with Crippen molar-refractivity contribution in [3.05, 3.63) is 28.6 Å². The number of carbonyl (C=O) groups is 1. The minimum atomic E-state index is -0.239. The Kier molecular flexibility index (Phi) is 6.70. The van der Waals surface area contributed by atoms with Gasteiger partial charge >= 0.3 is 0 Å². The maximum Gasteiger partial charge on any atom is 0.281 e. The zero-order valence-electron chi connectivity index (χ0n) is 17.3. The Labute approximate surface area is 171 Å². The van der Waals surface area contributed by atoms with Gasteiger partial charge in [-0.25, -0.2) is 0 Å². The number of hydrogen-bond acceptors (Lipinski definition) is 5. The number of rotatable bonds is 7. The maximum absolute atomic E-state index is 12.6.